The molecule has 0 radical (unpaired) electrons. The summed E-state index contributed by atoms with van der Waals surface area (Å²) in [5.74, 6) is 0.303. The summed E-state index contributed by atoms with van der Waals surface area (Å²) in [5.41, 5.74) is 2.75. The number of ether oxygens (including phenoxy) is 2. The van der Waals surface area contributed by atoms with E-state index in [9.17, 15) is 14.4 Å². The van der Waals surface area contributed by atoms with Crippen molar-refractivity contribution in [1.82, 2.24) is 14.7 Å². The van der Waals surface area contributed by atoms with Crippen LogP contribution in [-0.4, -0.2) is 98.2 Å². The fourth-order valence-corrected chi connectivity index (χ4v) is 6.76. The Morgan fingerprint density at radius 3 is 2.08 bits per heavy atom. The molecule has 9 nitrogen and oxygen atoms in total. The number of likely N-dealkylation sites (tertiary alicyclic amines) is 2. The van der Waals surface area contributed by atoms with Gasteiger partial charge in [-0.3, -0.25) is 14.9 Å². The lowest BCUT2D eigenvalue weighted by atomic mass is 9.97. The third-order valence-electron chi connectivity index (χ3n) is 9.81. The minimum absolute atomic E-state index is 0.0185. The number of carbonyl (C=O) groups excluding carboxylic acids is 3. The average Bonchev–Trinajstić information content (AvgIpc) is 3.11. The van der Waals surface area contributed by atoms with Crippen LogP contribution in [0.2, 0.25) is 0 Å². The van der Waals surface area contributed by atoms with Crippen LogP contribution in [0.15, 0.2) is 54.6 Å². The second kappa shape index (κ2) is 20.8. The van der Waals surface area contributed by atoms with Gasteiger partial charge in [0.2, 0.25) is 5.91 Å². The Labute approximate surface area is 288 Å². The molecule has 9 heteroatoms. The van der Waals surface area contributed by atoms with Gasteiger partial charge in [-0.25, -0.2) is 4.79 Å². The van der Waals surface area contributed by atoms with Gasteiger partial charge in [-0.05, 0) is 76.7 Å². The standard InChI is InChI=1S/C39H58N4O5/c1-3-47-38(45)33-21-26-42(27-22-33)25-15-8-6-4-5-7-12-20-37(44)41(2)30-31-43-28-23-34(24-29-43)48-39(46)40-36-19-14-13-18-35(36)32-16-10-9-11-17-32/h9-11,13-14,16-19,33-34H,3-8,12,15,20-31H2,1-2H3,(H,40,46). The number of piperidine rings is 2. The molecular weight excluding hydrogens is 604 g/mol. The summed E-state index contributed by atoms with van der Waals surface area (Å²) >= 11 is 0. The van der Waals surface area contributed by atoms with Crippen molar-refractivity contribution in [2.24, 2.45) is 5.92 Å². The average molecular weight is 663 g/mol. The Morgan fingerprint density at radius 1 is 0.771 bits per heavy atom. The van der Waals surface area contributed by atoms with Crippen molar-refractivity contribution in [1.29, 1.82) is 0 Å². The number of carbonyl (C=O) groups is 3. The number of rotatable bonds is 18. The van der Waals surface area contributed by atoms with E-state index < -0.39 is 6.09 Å². The van der Waals surface area contributed by atoms with Crippen LogP contribution >= 0.6 is 0 Å². The van der Waals surface area contributed by atoms with E-state index >= 15 is 0 Å². The van der Waals surface area contributed by atoms with Crippen molar-refractivity contribution in [2.75, 3.05) is 64.8 Å². The van der Waals surface area contributed by atoms with Gasteiger partial charge in [0.05, 0.1) is 18.2 Å². The highest BCUT2D eigenvalue weighted by molar-refractivity contribution is 5.91. The zero-order valence-corrected chi connectivity index (χ0v) is 29.4. The molecule has 0 aromatic heterocycles. The Kier molecular flexibility index (Phi) is 16.2. The second-order valence-corrected chi connectivity index (χ2v) is 13.4. The third-order valence-corrected chi connectivity index (χ3v) is 9.81. The highest BCUT2D eigenvalue weighted by atomic mass is 16.6. The van der Waals surface area contributed by atoms with Crippen LogP contribution in [0.5, 0.6) is 0 Å². The molecule has 0 unspecified atom stereocenters. The minimum atomic E-state index is -0.414. The summed E-state index contributed by atoms with van der Waals surface area (Å²) in [7, 11) is 1.91. The van der Waals surface area contributed by atoms with Crippen LogP contribution in [-0.2, 0) is 19.1 Å². The lowest BCUT2D eigenvalue weighted by molar-refractivity contribution is -0.149. The molecule has 2 aromatic rings. The van der Waals surface area contributed by atoms with Gasteiger partial charge in [-0.2, -0.15) is 0 Å². The number of benzene rings is 2. The highest BCUT2D eigenvalue weighted by Gasteiger charge is 2.26. The van der Waals surface area contributed by atoms with E-state index in [0.29, 0.717) is 13.0 Å². The molecule has 2 aromatic carbocycles. The molecule has 2 aliphatic rings. The molecule has 0 atom stereocenters. The third kappa shape index (κ3) is 12.9. The van der Waals surface area contributed by atoms with Gasteiger partial charge in [0, 0.05) is 45.2 Å². The predicted octanol–water partition coefficient (Wildman–Crippen LogP) is 7.22. The molecule has 264 valence electrons. The van der Waals surface area contributed by atoms with Crippen molar-refractivity contribution < 1.29 is 23.9 Å². The molecule has 48 heavy (non-hydrogen) atoms. The number of hydrogen-bond donors (Lipinski definition) is 1. The Hall–Kier alpha value is -3.43. The summed E-state index contributed by atoms with van der Waals surface area (Å²) in [5, 5.41) is 2.94. The number of nitrogens with zero attached hydrogens (tertiary/aromatic N) is 3. The van der Waals surface area contributed by atoms with E-state index in [1.54, 1.807) is 0 Å². The number of nitrogens with one attached hydrogen (secondary N) is 1. The molecular formula is C39H58N4O5. The van der Waals surface area contributed by atoms with Crippen LogP contribution < -0.4 is 5.32 Å². The number of unbranched alkanes of at least 4 members (excludes halogenated alkanes) is 6. The van der Waals surface area contributed by atoms with Gasteiger partial charge in [0.25, 0.3) is 0 Å². The van der Waals surface area contributed by atoms with Crippen LogP contribution in [0, 0.1) is 5.92 Å². The first-order valence-corrected chi connectivity index (χ1v) is 18.4. The largest absolute Gasteiger partial charge is 0.466 e. The van der Waals surface area contributed by atoms with Gasteiger partial charge in [-0.1, -0.05) is 80.6 Å². The monoisotopic (exact) mass is 662 g/mol. The number of hydrogen-bond acceptors (Lipinski definition) is 7. The molecule has 2 heterocycles. The predicted molar refractivity (Wildman–Crippen MR) is 192 cm³/mol. The zero-order chi connectivity index (χ0) is 34.0. The fraction of sp³-hybridized carbons (Fsp3) is 0.615. The van der Waals surface area contributed by atoms with Gasteiger partial charge in [0.15, 0.2) is 0 Å². The maximum absolute atomic E-state index is 12.7. The summed E-state index contributed by atoms with van der Waals surface area (Å²) in [4.78, 5) is 44.0. The van der Waals surface area contributed by atoms with Gasteiger partial charge in [-0.15, -0.1) is 0 Å². The normalized spacial score (nSPS) is 16.4. The molecule has 2 aliphatic heterocycles. The zero-order valence-electron chi connectivity index (χ0n) is 29.4. The van der Waals surface area contributed by atoms with E-state index in [1.807, 2.05) is 73.5 Å². The van der Waals surface area contributed by atoms with Crippen molar-refractivity contribution >= 4 is 23.7 Å². The van der Waals surface area contributed by atoms with Crippen LogP contribution in [0.1, 0.15) is 84.0 Å². The van der Waals surface area contributed by atoms with E-state index in [-0.39, 0.29) is 23.9 Å². The first kappa shape index (κ1) is 37.4. The fourth-order valence-electron chi connectivity index (χ4n) is 6.76. The Bertz CT molecular complexity index is 1240. The van der Waals surface area contributed by atoms with Gasteiger partial charge < -0.3 is 24.2 Å². The quantitative estimate of drug-likeness (QED) is 0.133. The maximum atomic E-state index is 12.7. The van der Waals surface area contributed by atoms with E-state index in [2.05, 4.69) is 15.1 Å². The Balaban J connectivity index is 0.981. The van der Waals surface area contributed by atoms with Crippen molar-refractivity contribution in [3.8, 4) is 11.1 Å². The second-order valence-electron chi connectivity index (χ2n) is 13.4. The molecule has 4 rings (SSSR count). The Morgan fingerprint density at radius 2 is 1.38 bits per heavy atom. The van der Waals surface area contributed by atoms with E-state index in [4.69, 9.17) is 9.47 Å². The molecule has 1 N–H and O–H groups in total. The maximum Gasteiger partial charge on any atom is 0.411 e. The number of para-hydroxylation sites is 1. The highest BCUT2D eigenvalue weighted by Crippen LogP contribution is 2.28. The smallest absolute Gasteiger partial charge is 0.411 e. The number of amides is 2. The number of anilines is 1. The molecule has 0 bridgehead atoms. The summed E-state index contributed by atoms with van der Waals surface area (Å²) in [6.45, 7) is 8.76. The van der Waals surface area contributed by atoms with Crippen LogP contribution in [0.25, 0.3) is 11.1 Å². The SMILES string of the molecule is CCOC(=O)C1CCN(CCCCCCCCCC(=O)N(C)CCN2CCC(OC(=O)Nc3ccccc3-c3ccccc3)CC2)CC1. The summed E-state index contributed by atoms with van der Waals surface area (Å²) < 4.78 is 10.9. The van der Waals surface area contributed by atoms with Crippen molar-refractivity contribution in [3.63, 3.8) is 0 Å². The molecule has 0 saturated carbocycles. The van der Waals surface area contributed by atoms with Gasteiger partial charge >= 0.3 is 12.1 Å². The summed E-state index contributed by atoms with van der Waals surface area (Å²) in [6.07, 6.45) is 11.8. The number of esters is 1. The lowest BCUT2D eigenvalue weighted by Gasteiger charge is -2.32. The van der Waals surface area contributed by atoms with E-state index in [1.165, 1.54) is 32.1 Å². The first-order valence-electron chi connectivity index (χ1n) is 18.4. The number of likely N-dealkylation sites (N-methyl/N-ethyl adjacent to an activating group) is 1. The van der Waals surface area contributed by atoms with E-state index in [0.717, 1.165) is 101 Å². The van der Waals surface area contributed by atoms with Crippen molar-refractivity contribution in [2.45, 2.75) is 90.1 Å². The van der Waals surface area contributed by atoms with Crippen molar-refractivity contribution in [3.05, 3.63) is 54.6 Å². The van der Waals surface area contributed by atoms with Crippen LogP contribution in [0.3, 0.4) is 0 Å². The molecule has 2 amide bonds. The topological polar surface area (TPSA) is 91.4 Å². The van der Waals surface area contributed by atoms with Crippen LogP contribution in [0.4, 0.5) is 10.5 Å². The lowest BCUT2D eigenvalue weighted by Crippen LogP contribution is -2.42. The minimum Gasteiger partial charge on any atom is -0.466 e. The molecule has 2 fully saturated rings. The molecule has 0 spiro atoms. The molecule has 2 saturated heterocycles. The summed E-state index contributed by atoms with van der Waals surface area (Å²) in [6, 6.07) is 17.8. The first-order chi connectivity index (χ1) is 23.4. The molecule has 0 aliphatic carbocycles. The van der Waals surface area contributed by atoms with Gasteiger partial charge in [0.1, 0.15) is 6.10 Å².